The smallest absolute Gasteiger partial charge is 0.229 e. The first kappa shape index (κ1) is 22.8. The number of pyridine rings is 3. The predicted molar refractivity (Wildman–Crippen MR) is 144 cm³/mol. The SMILES string of the molecule is Cc1ccnc(Cc2ccccc2)c1-c1cc2cc(NC(=O)[C@@H]3C[C@H]3c3cnn(C)c3)ncc2c(N)n1. The zero-order valence-corrected chi connectivity index (χ0v) is 20.7. The summed E-state index contributed by atoms with van der Waals surface area (Å²) in [5, 5.41) is 8.81. The minimum Gasteiger partial charge on any atom is -0.383 e. The topological polar surface area (TPSA) is 112 Å². The van der Waals surface area contributed by atoms with E-state index < -0.39 is 0 Å². The number of aryl methyl sites for hydroxylation is 2. The lowest BCUT2D eigenvalue weighted by atomic mass is 9.98. The molecule has 0 saturated heterocycles. The van der Waals surface area contributed by atoms with Crippen molar-refractivity contribution < 1.29 is 4.79 Å². The number of amides is 1. The molecule has 5 aromatic rings. The Bertz CT molecular complexity index is 1630. The Morgan fingerprint density at radius 2 is 1.97 bits per heavy atom. The molecule has 4 heterocycles. The van der Waals surface area contributed by atoms with Crippen LogP contribution in [-0.4, -0.2) is 30.6 Å². The number of benzene rings is 1. The highest BCUT2D eigenvalue weighted by atomic mass is 16.2. The molecule has 0 bridgehead atoms. The van der Waals surface area contributed by atoms with E-state index in [1.165, 1.54) is 5.56 Å². The molecule has 184 valence electrons. The highest BCUT2D eigenvalue weighted by Gasteiger charge is 2.44. The quantitative estimate of drug-likeness (QED) is 0.359. The molecule has 1 aliphatic carbocycles. The summed E-state index contributed by atoms with van der Waals surface area (Å²) in [6, 6.07) is 16.1. The molecule has 0 spiro atoms. The number of hydrogen-bond acceptors (Lipinski definition) is 6. The van der Waals surface area contributed by atoms with E-state index in [1.807, 2.05) is 62.0 Å². The number of nitrogens with zero attached hydrogens (tertiary/aromatic N) is 5. The van der Waals surface area contributed by atoms with Gasteiger partial charge in [-0.3, -0.25) is 14.5 Å². The Kier molecular flexibility index (Phi) is 5.64. The van der Waals surface area contributed by atoms with E-state index in [2.05, 4.69) is 39.4 Å². The average molecular weight is 490 g/mol. The summed E-state index contributed by atoms with van der Waals surface area (Å²) in [6.07, 6.45) is 8.80. The maximum absolute atomic E-state index is 12.9. The Labute approximate surface area is 214 Å². The fourth-order valence-corrected chi connectivity index (χ4v) is 4.96. The fraction of sp³-hybridized carbons (Fsp3) is 0.207. The summed E-state index contributed by atoms with van der Waals surface area (Å²) in [6.45, 7) is 2.06. The van der Waals surface area contributed by atoms with Crippen LogP contribution in [0, 0.1) is 12.8 Å². The Hall–Kier alpha value is -4.59. The van der Waals surface area contributed by atoms with Crippen molar-refractivity contribution in [2.45, 2.75) is 25.7 Å². The summed E-state index contributed by atoms with van der Waals surface area (Å²) in [7, 11) is 1.88. The lowest BCUT2D eigenvalue weighted by molar-refractivity contribution is -0.117. The number of nitrogen functional groups attached to an aromatic ring is 1. The molecule has 6 rings (SSSR count). The summed E-state index contributed by atoms with van der Waals surface area (Å²) in [5.74, 6) is 0.996. The third-order valence-corrected chi connectivity index (χ3v) is 6.98. The van der Waals surface area contributed by atoms with E-state index in [0.29, 0.717) is 18.1 Å². The highest BCUT2D eigenvalue weighted by Crippen LogP contribution is 2.47. The number of nitrogens with two attached hydrogens (primary N) is 1. The number of aromatic nitrogens is 5. The van der Waals surface area contributed by atoms with Crippen molar-refractivity contribution >= 4 is 28.3 Å². The molecule has 1 aliphatic rings. The van der Waals surface area contributed by atoms with E-state index >= 15 is 0 Å². The van der Waals surface area contributed by atoms with Crippen LogP contribution in [0.15, 0.2) is 73.3 Å². The molecule has 0 radical (unpaired) electrons. The number of anilines is 2. The molecule has 1 amide bonds. The number of nitrogens with one attached hydrogen (secondary N) is 1. The minimum absolute atomic E-state index is 0.0313. The lowest BCUT2D eigenvalue weighted by Crippen LogP contribution is -2.15. The van der Waals surface area contributed by atoms with Crippen molar-refractivity contribution in [1.29, 1.82) is 0 Å². The van der Waals surface area contributed by atoms with Crippen LogP contribution < -0.4 is 11.1 Å². The van der Waals surface area contributed by atoms with Crippen LogP contribution in [0.3, 0.4) is 0 Å². The van der Waals surface area contributed by atoms with Gasteiger partial charge in [-0.2, -0.15) is 5.10 Å². The van der Waals surface area contributed by atoms with Crippen LogP contribution in [0.4, 0.5) is 11.6 Å². The van der Waals surface area contributed by atoms with Crippen LogP contribution in [0.2, 0.25) is 0 Å². The molecule has 1 saturated carbocycles. The van der Waals surface area contributed by atoms with Gasteiger partial charge in [-0.15, -0.1) is 0 Å². The number of hydrogen-bond donors (Lipinski definition) is 2. The third kappa shape index (κ3) is 4.53. The molecule has 0 unspecified atom stereocenters. The first-order chi connectivity index (χ1) is 18.0. The van der Waals surface area contributed by atoms with E-state index in [0.717, 1.165) is 45.3 Å². The molecular weight excluding hydrogens is 462 g/mol. The van der Waals surface area contributed by atoms with Gasteiger partial charge < -0.3 is 11.1 Å². The summed E-state index contributed by atoms with van der Waals surface area (Å²) in [4.78, 5) is 26.7. The van der Waals surface area contributed by atoms with Gasteiger partial charge in [0, 0.05) is 48.9 Å². The van der Waals surface area contributed by atoms with Crippen molar-refractivity contribution in [1.82, 2.24) is 24.7 Å². The van der Waals surface area contributed by atoms with Gasteiger partial charge in [-0.05, 0) is 59.5 Å². The van der Waals surface area contributed by atoms with Crippen LogP contribution in [0.5, 0.6) is 0 Å². The maximum atomic E-state index is 12.9. The van der Waals surface area contributed by atoms with Crippen molar-refractivity contribution in [2.24, 2.45) is 13.0 Å². The average Bonchev–Trinajstić information content (AvgIpc) is 3.57. The molecule has 8 heteroatoms. The minimum atomic E-state index is -0.0710. The zero-order valence-electron chi connectivity index (χ0n) is 20.7. The van der Waals surface area contributed by atoms with Crippen molar-refractivity contribution in [3.8, 4) is 11.3 Å². The highest BCUT2D eigenvalue weighted by molar-refractivity contribution is 5.99. The van der Waals surface area contributed by atoms with E-state index in [1.54, 1.807) is 10.9 Å². The van der Waals surface area contributed by atoms with Crippen molar-refractivity contribution in [2.75, 3.05) is 11.1 Å². The van der Waals surface area contributed by atoms with Crippen molar-refractivity contribution in [3.63, 3.8) is 0 Å². The molecule has 1 aromatic carbocycles. The van der Waals surface area contributed by atoms with E-state index in [9.17, 15) is 4.79 Å². The van der Waals surface area contributed by atoms with Gasteiger partial charge in [-0.1, -0.05) is 30.3 Å². The molecular formula is C29H27N7O. The monoisotopic (exact) mass is 489 g/mol. The van der Waals surface area contributed by atoms with Crippen LogP contribution in [-0.2, 0) is 18.3 Å². The van der Waals surface area contributed by atoms with Crippen LogP contribution >= 0.6 is 0 Å². The molecule has 1 fully saturated rings. The Morgan fingerprint density at radius 3 is 2.76 bits per heavy atom. The fourth-order valence-electron chi connectivity index (χ4n) is 4.96. The van der Waals surface area contributed by atoms with Gasteiger partial charge in [0.25, 0.3) is 0 Å². The molecule has 4 aromatic heterocycles. The molecule has 3 N–H and O–H groups in total. The molecule has 2 atom stereocenters. The van der Waals surface area contributed by atoms with Gasteiger partial charge in [-0.25, -0.2) is 9.97 Å². The standard InChI is InChI=1S/C29H27N7O/c1-17-8-9-31-24(10-18-6-4-3-5-7-18)27(17)25-11-19-12-26(32-15-23(19)28(30)34-25)35-29(37)22-13-21(22)20-14-33-36(2)16-20/h3-9,11-12,14-16,21-22H,10,13H2,1-2H3,(H2,30,34)(H,32,35,37)/t21-,22+/m0/s1. The number of rotatable bonds is 6. The van der Waals surface area contributed by atoms with Gasteiger partial charge in [0.2, 0.25) is 5.91 Å². The largest absolute Gasteiger partial charge is 0.383 e. The van der Waals surface area contributed by atoms with Crippen LogP contribution in [0.1, 0.15) is 34.7 Å². The van der Waals surface area contributed by atoms with Gasteiger partial charge >= 0.3 is 0 Å². The van der Waals surface area contributed by atoms with Crippen molar-refractivity contribution in [3.05, 3.63) is 95.7 Å². The van der Waals surface area contributed by atoms with Gasteiger partial charge in [0.15, 0.2) is 0 Å². The first-order valence-corrected chi connectivity index (χ1v) is 12.3. The molecule has 37 heavy (non-hydrogen) atoms. The molecule has 0 aliphatic heterocycles. The first-order valence-electron chi connectivity index (χ1n) is 12.3. The van der Waals surface area contributed by atoms with Gasteiger partial charge in [0.1, 0.15) is 11.6 Å². The Balaban J connectivity index is 1.30. The third-order valence-electron chi connectivity index (χ3n) is 6.98. The van der Waals surface area contributed by atoms with E-state index in [-0.39, 0.29) is 17.7 Å². The second kappa shape index (κ2) is 9.13. The number of fused-ring (bicyclic) bond motifs is 1. The summed E-state index contributed by atoms with van der Waals surface area (Å²) < 4.78 is 1.76. The second-order valence-electron chi connectivity index (χ2n) is 9.68. The number of carbonyl (C=O) groups is 1. The normalized spacial score (nSPS) is 16.6. The van der Waals surface area contributed by atoms with Crippen LogP contribution in [0.25, 0.3) is 22.0 Å². The zero-order chi connectivity index (χ0) is 25.5. The predicted octanol–water partition coefficient (Wildman–Crippen LogP) is 4.65. The maximum Gasteiger partial charge on any atom is 0.229 e. The lowest BCUT2D eigenvalue weighted by Gasteiger charge is -2.14. The van der Waals surface area contributed by atoms with Gasteiger partial charge in [0.05, 0.1) is 17.6 Å². The summed E-state index contributed by atoms with van der Waals surface area (Å²) >= 11 is 0. The molecule has 8 nitrogen and oxygen atoms in total. The second-order valence-corrected chi connectivity index (χ2v) is 9.68. The number of carbonyl (C=O) groups excluding carboxylic acids is 1. The summed E-state index contributed by atoms with van der Waals surface area (Å²) in [5.41, 5.74) is 12.4. The Morgan fingerprint density at radius 1 is 1.14 bits per heavy atom. The van der Waals surface area contributed by atoms with E-state index in [4.69, 9.17) is 10.7 Å².